The third kappa shape index (κ3) is 5.03. The highest BCUT2D eigenvalue weighted by Gasteiger charge is 2.31. The fraction of sp³-hybridized carbons (Fsp3) is 0.238. The van der Waals surface area contributed by atoms with E-state index < -0.39 is 23.7 Å². The topological polar surface area (TPSA) is 58.4 Å². The van der Waals surface area contributed by atoms with Crippen molar-refractivity contribution in [2.75, 3.05) is 20.6 Å². The molecule has 3 rings (SSSR count). The van der Waals surface area contributed by atoms with E-state index in [1.54, 1.807) is 25.1 Å². The van der Waals surface area contributed by atoms with E-state index >= 15 is 0 Å². The molecule has 1 heterocycles. The van der Waals surface area contributed by atoms with Gasteiger partial charge in [-0.2, -0.15) is 13.2 Å². The van der Waals surface area contributed by atoms with Crippen LogP contribution in [0.3, 0.4) is 0 Å². The average molecular weight is 403 g/mol. The van der Waals surface area contributed by atoms with E-state index in [0.29, 0.717) is 11.3 Å². The number of carbonyl (C=O) groups excluding carboxylic acids is 1. The van der Waals surface area contributed by atoms with Crippen LogP contribution < -0.4 is 5.32 Å². The summed E-state index contributed by atoms with van der Waals surface area (Å²) in [6.45, 7) is 0.112. The monoisotopic (exact) mass is 403 g/mol. The van der Waals surface area contributed by atoms with Crippen LogP contribution in [0.1, 0.15) is 27.7 Å². The third-order valence-electron chi connectivity index (χ3n) is 4.48. The Morgan fingerprint density at radius 3 is 2.48 bits per heavy atom. The first-order valence-electron chi connectivity index (χ1n) is 8.89. The highest BCUT2D eigenvalue weighted by molar-refractivity contribution is 5.93. The van der Waals surface area contributed by atoms with Gasteiger partial charge in [0.2, 0.25) is 0 Å². The van der Waals surface area contributed by atoms with Crippen molar-refractivity contribution in [2.24, 2.45) is 0 Å². The minimum atomic E-state index is -4.43. The van der Waals surface area contributed by atoms with Gasteiger partial charge in [0.15, 0.2) is 11.5 Å². The number of carbonyl (C=O) groups is 1. The van der Waals surface area contributed by atoms with Crippen LogP contribution in [0.25, 0.3) is 11.3 Å². The maximum absolute atomic E-state index is 13.0. The predicted octanol–water partition coefficient (Wildman–Crippen LogP) is 4.39. The van der Waals surface area contributed by atoms with Crippen LogP contribution in [0.15, 0.2) is 65.2 Å². The van der Waals surface area contributed by atoms with E-state index in [0.717, 1.165) is 17.7 Å². The number of nitrogens with one attached hydrogen (secondary N) is 1. The van der Waals surface area contributed by atoms with Gasteiger partial charge in [0.25, 0.3) is 5.91 Å². The molecule has 29 heavy (non-hydrogen) atoms. The van der Waals surface area contributed by atoms with Gasteiger partial charge in [0, 0.05) is 18.2 Å². The molecule has 1 atom stereocenters. The van der Waals surface area contributed by atoms with Gasteiger partial charge < -0.3 is 14.7 Å². The number of hydrogen-bond acceptors (Lipinski definition) is 4. The zero-order valence-electron chi connectivity index (χ0n) is 15.9. The second-order valence-electron chi connectivity index (χ2n) is 6.76. The summed E-state index contributed by atoms with van der Waals surface area (Å²) in [6.07, 6.45) is -4.43. The first kappa shape index (κ1) is 20.6. The Morgan fingerprint density at radius 1 is 1.10 bits per heavy atom. The third-order valence-corrected chi connectivity index (χ3v) is 4.48. The second kappa shape index (κ2) is 8.48. The standard InChI is InChI=1S/C21H20F3N3O2/c1-27(2)18(15-9-6-10-16(11-15)21(22,23)24)13-25-20(28)17-12-19(29-26-17)14-7-4-3-5-8-14/h3-12,18H,13H2,1-2H3,(H,25,28)/t18-/m0/s1. The lowest BCUT2D eigenvalue weighted by Crippen LogP contribution is -2.34. The summed E-state index contributed by atoms with van der Waals surface area (Å²) in [4.78, 5) is 14.2. The highest BCUT2D eigenvalue weighted by atomic mass is 19.4. The lowest BCUT2D eigenvalue weighted by molar-refractivity contribution is -0.137. The van der Waals surface area contributed by atoms with Gasteiger partial charge >= 0.3 is 6.18 Å². The van der Waals surface area contributed by atoms with Gasteiger partial charge in [-0.25, -0.2) is 0 Å². The van der Waals surface area contributed by atoms with E-state index in [-0.39, 0.29) is 12.2 Å². The maximum Gasteiger partial charge on any atom is 0.416 e. The summed E-state index contributed by atoms with van der Waals surface area (Å²) in [5.41, 5.74) is 0.618. The molecule has 0 radical (unpaired) electrons. The van der Waals surface area contributed by atoms with Gasteiger partial charge in [-0.3, -0.25) is 4.79 Å². The summed E-state index contributed by atoms with van der Waals surface area (Å²) >= 11 is 0. The molecular weight excluding hydrogens is 383 g/mol. The van der Waals surface area contributed by atoms with Crippen LogP contribution in [-0.4, -0.2) is 36.6 Å². The minimum absolute atomic E-state index is 0.102. The molecule has 3 aromatic rings. The quantitative estimate of drug-likeness (QED) is 0.663. The fourth-order valence-electron chi connectivity index (χ4n) is 2.92. The number of aromatic nitrogens is 1. The Labute approximate surface area is 166 Å². The van der Waals surface area contributed by atoms with E-state index in [9.17, 15) is 18.0 Å². The van der Waals surface area contributed by atoms with Crippen molar-refractivity contribution in [1.29, 1.82) is 0 Å². The van der Waals surface area contributed by atoms with Crippen molar-refractivity contribution in [2.45, 2.75) is 12.2 Å². The van der Waals surface area contributed by atoms with Gasteiger partial charge in [0.05, 0.1) is 11.6 Å². The van der Waals surface area contributed by atoms with Crippen molar-refractivity contribution in [3.8, 4) is 11.3 Å². The van der Waals surface area contributed by atoms with E-state index in [2.05, 4.69) is 10.5 Å². The lowest BCUT2D eigenvalue weighted by Gasteiger charge is -2.25. The first-order valence-corrected chi connectivity index (χ1v) is 8.89. The highest BCUT2D eigenvalue weighted by Crippen LogP contribution is 2.31. The Balaban J connectivity index is 1.71. The van der Waals surface area contributed by atoms with Gasteiger partial charge in [0.1, 0.15) is 0 Å². The summed E-state index contributed by atoms with van der Waals surface area (Å²) in [5, 5.41) is 6.50. The fourth-order valence-corrected chi connectivity index (χ4v) is 2.92. The summed E-state index contributed by atoms with van der Waals surface area (Å²) in [7, 11) is 3.47. The molecule has 0 fully saturated rings. The normalized spacial score (nSPS) is 12.8. The minimum Gasteiger partial charge on any atom is -0.355 e. The number of rotatable bonds is 6. The molecular formula is C21H20F3N3O2. The van der Waals surface area contributed by atoms with Crippen molar-refractivity contribution in [1.82, 2.24) is 15.4 Å². The van der Waals surface area contributed by atoms with Crippen molar-refractivity contribution < 1.29 is 22.5 Å². The smallest absolute Gasteiger partial charge is 0.355 e. The molecule has 2 aromatic carbocycles. The molecule has 0 unspecified atom stereocenters. The van der Waals surface area contributed by atoms with E-state index in [1.165, 1.54) is 12.1 Å². The van der Waals surface area contributed by atoms with Crippen LogP contribution in [0.5, 0.6) is 0 Å². The summed E-state index contributed by atoms with van der Waals surface area (Å²) < 4.78 is 44.2. The Morgan fingerprint density at radius 2 is 1.83 bits per heavy atom. The molecule has 5 nitrogen and oxygen atoms in total. The SMILES string of the molecule is CN(C)[C@@H](CNC(=O)c1cc(-c2ccccc2)on1)c1cccc(C(F)(F)F)c1. The van der Waals surface area contributed by atoms with Crippen LogP contribution >= 0.6 is 0 Å². The Bertz CT molecular complexity index is 969. The molecule has 1 N–H and O–H groups in total. The number of benzene rings is 2. The van der Waals surface area contributed by atoms with Crippen LogP contribution in [-0.2, 0) is 6.18 Å². The number of hydrogen-bond donors (Lipinski definition) is 1. The zero-order chi connectivity index (χ0) is 21.0. The molecule has 0 saturated heterocycles. The molecule has 0 aliphatic heterocycles. The molecule has 8 heteroatoms. The van der Waals surface area contributed by atoms with Crippen LogP contribution in [0, 0.1) is 0 Å². The second-order valence-corrected chi connectivity index (χ2v) is 6.76. The molecule has 0 aliphatic rings. The molecule has 0 saturated carbocycles. The molecule has 0 aliphatic carbocycles. The number of halogens is 3. The molecule has 152 valence electrons. The van der Waals surface area contributed by atoms with Crippen LogP contribution in [0.2, 0.25) is 0 Å². The number of alkyl halides is 3. The Hall–Kier alpha value is -3.13. The van der Waals surface area contributed by atoms with Crippen molar-refractivity contribution in [3.63, 3.8) is 0 Å². The molecule has 0 spiro atoms. The zero-order valence-corrected chi connectivity index (χ0v) is 15.9. The van der Waals surface area contributed by atoms with E-state index in [1.807, 2.05) is 30.3 Å². The summed E-state index contributed by atoms with van der Waals surface area (Å²) in [6, 6.07) is 15.4. The number of nitrogens with zero attached hydrogens (tertiary/aromatic N) is 2. The molecule has 1 amide bonds. The van der Waals surface area contributed by atoms with Crippen molar-refractivity contribution >= 4 is 5.91 Å². The average Bonchev–Trinajstić information content (AvgIpc) is 3.18. The summed E-state index contributed by atoms with van der Waals surface area (Å²) in [5.74, 6) is -0.00690. The predicted molar refractivity (Wildman–Crippen MR) is 102 cm³/mol. The largest absolute Gasteiger partial charge is 0.416 e. The number of amides is 1. The van der Waals surface area contributed by atoms with Crippen LogP contribution in [0.4, 0.5) is 13.2 Å². The van der Waals surface area contributed by atoms with Gasteiger partial charge in [-0.1, -0.05) is 47.6 Å². The van der Waals surface area contributed by atoms with Gasteiger partial charge in [-0.15, -0.1) is 0 Å². The number of likely N-dealkylation sites (N-methyl/N-ethyl adjacent to an activating group) is 1. The molecule has 1 aromatic heterocycles. The van der Waals surface area contributed by atoms with Gasteiger partial charge in [-0.05, 0) is 31.8 Å². The van der Waals surface area contributed by atoms with E-state index in [4.69, 9.17) is 4.52 Å². The molecule has 0 bridgehead atoms. The lowest BCUT2D eigenvalue weighted by atomic mass is 10.0. The first-order chi connectivity index (χ1) is 13.8. The van der Waals surface area contributed by atoms with Crippen molar-refractivity contribution in [3.05, 3.63) is 77.5 Å². The Kier molecular flexibility index (Phi) is 6.03. The maximum atomic E-state index is 13.0.